The van der Waals surface area contributed by atoms with Crippen LogP contribution < -0.4 is 10.2 Å². The van der Waals surface area contributed by atoms with E-state index in [2.05, 4.69) is 20.2 Å². The molecule has 1 aromatic heterocycles. The van der Waals surface area contributed by atoms with Crippen molar-refractivity contribution in [3.8, 4) is 0 Å². The summed E-state index contributed by atoms with van der Waals surface area (Å²) in [4.78, 5) is 22.9. The molecular formula is C19H24N4O2. The number of aryl methyl sites for hydroxylation is 2. The summed E-state index contributed by atoms with van der Waals surface area (Å²) < 4.78 is 0. The summed E-state index contributed by atoms with van der Waals surface area (Å²) in [6, 6.07) is 9.37. The van der Waals surface area contributed by atoms with Gasteiger partial charge in [0.25, 0.3) is 5.91 Å². The summed E-state index contributed by atoms with van der Waals surface area (Å²) in [5, 5.41) is 13.8. The van der Waals surface area contributed by atoms with Crippen molar-refractivity contribution in [3.05, 3.63) is 53.5 Å². The van der Waals surface area contributed by atoms with Crippen LogP contribution in [0.15, 0.2) is 36.7 Å². The smallest absolute Gasteiger partial charge is 0.251 e. The van der Waals surface area contributed by atoms with E-state index in [1.807, 2.05) is 38.1 Å². The number of aliphatic hydroxyl groups is 1. The molecule has 1 aliphatic rings. The first-order valence-electron chi connectivity index (χ1n) is 8.57. The molecule has 3 rings (SSSR count). The number of hydrogen-bond acceptors (Lipinski definition) is 5. The van der Waals surface area contributed by atoms with Crippen molar-refractivity contribution in [2.24, 2.45) is 0 Å². The first kappa shape index (κ1) is 17.4. The van der Waals surface area contributed by atoms with Gasteiger partial charge in [-0.2, -0.15) is 0 Å². The maximum absolute atomic E-state index is 12.4. The Hall–Kier alpha value is -2.47. The van der Waals surface area contributed by atoms with Crippen molar-refractivity contribution in [1.82, 2.24) is 15.3 Å². The predicted octanol–water partition coefficient (Wildman–Crippen LogP) is 1.85. The third-order valence-corrected chi connectivity index (χ3v) is 4.64. The van der Waals surface area contributed by atoms with Crippen molar-refractivity contribution >= 4 is 11.7 Å². The molecule has 1 aliphatic heterocycles. The molecule has 0 saturated carbocycles. The maximum Gasteiger partial charge on any atom is 0.251 e. The highest BCUT2D eigenvalue weighted by molar-refractivity contribution is 5.95. The summed E-state index contributed by atoms with van der Waals surface area (Å²) in [7, 11) is 0. The van der Waals surface area contributed by atoms with Crippen LogP contribution in [-0.4, -0.2) is 46.2 Å². The fraction of sp³-hybridized carbons (Fsp3) is 0.421. The predicted molar refractivity (Wildman–Crippen MR) is 96.7 cm³/mol. The fourth-order valence-electron chi connectivity index (χ4n) is 3.23. The van der Waals surface area contributed by atoms with Crippen LogP contribution >= 0.6 is 0 Å². The molecule has 1 aromatic carbocycles. The highest BCUT2D eigenvalue weighted by Crippen LogP contribution is 2.24. The Balaban J connectivity index is 1.65. The molecule has 0 aliphatic carbocycles. The minimum Gasteiger partial charge on any atom is -0.386 e. The molecule has 0 spiro atoms. The number of benzene rings is 1. The average molecular weight is 340 g/mol. The molecule has 25 heavy (non-hydrogen) atoms. The van der Waals surface area contributed by atoms with E-state index < -0.39 is 5.60 Å². The lowest BCUT2D eigenvalue weighted by Crippen LogP contribution is -2.54. The standard InChI is InChI=1S/C19H24N4O2/c1-14-6-3-4-7-16(14)18(24)20-11-19(25)8-5-9-23(12-19)17-10-15(2)21-13-22-17/h3-4,6-7,10,13,25H,5,8-9,11-12H2,1-2H3,(H,20,24)/t19-/m1/s1. The molecule has 0 bridgehead atoms. The number of aromatic nitrogens is 2. The number of β-amino-alcohol motifs (C(OH)–C–C–N with tert-alkyl or cyclic N) is 1. The van der Waals surface area contributed by atoms with Crippen LogP contribution in [0.1, 0.15) is 34.5 Å². The number of rotatable bonds is 4. The van der Waals surface area contributed by atoms with Crippen molar-refractivity contribution < 1.29 is 9.90 Å². The number of hydrogen-bond donors (Lipinski definition) is 2. The molecule has 1 atom stereocenters. The second-order valence-corrected chi connectivity index (χ2v) is 6.76. The Morgan fingerprint density at radius 1 is 1.32 bits per heavy atom. The highest BCUT2D eigenvalue weighted by atomic mass is 16.3. The highest BCUT2D eigenvalue weighted by Gasteiger charge is 2.34. The van der Waals surface area contributed by atoms with E-state index in [-0.39, 0.29) is 12.5 Å². The molecule has 2 N–H and O–H groups in total. The molecule has 132 valence electrons. The van der Waals surface area contributed by atoms with Gasteiger partial charge in [0.2, 0.25) is 0 Å². The van der Waals surface area contributed by atoms with Gasteiger partial charge in [0, 0.05) is 37.0 Å². The number of amides is 1. The van der Waals surface area contributed by atoms with Crippen molar-refractivity contribution in [1.29, 1.82) is 0 Å². The van der Waals surface area contributed by atoms with Crippen LogP contribution in [0.2, 0.25) is 0 Å². The SMILES string of the molecule is Cc1cc(N2CCC[C@@](O)(CNC(=O)c3ccccc3C)C2)ncn1. The third kappa shape index (κ3) is 4.14. The van der Waals surface area contributed by atoms with E-state index >= 15 is 0 Å². The zero-order chi connectivity index (χ0) is 17.9. The zero-order valence-electron chi connectivity index (χ0n) is 14.7. The molecule has 1 saturated heterocycles. The van der Waals surface area contributed by atoms with Crippen molar-refractivity contribution in [3.63, 3.8) is 0 Å². The van der Waals surface area contributed by atoms with E-state index in [1.54, 1.807) is 6.07 Å². The second-order valence-electron chi connectivity index (χ2n) is 6.76. The van der Waals surface area contributed by atoms with Gasteiger partial charge >= 0.3 is 0 Å². The number of carbonyl (C=O) groups is 1. The van der Waals surface area contributed by atoms with Gasteiger partial charge in [-0.1, -0.05) is 18.2 Å². The fourth-order valence-corrected chi connectivity index (χ4v) is 3.23. The normalized spacial score (nSPS) is 20.4. The van der Waals surface area contributed by atoms with Gasteiger partial charge < -0.3 is 15.3 Å². The van der Waals surface area contributed by atoms with Gasteiger partial charge in [-0.05, 0) is 38.3 Å². The summed E-state index contributed by atoms with van der Waals surface area (Å²) >= 11 is 0. The maximum atomic E-state index is 12.4. The van der Waals surface area contributed by atoms with E-state index in [9.17, 15) is 9.90 Å². The van der Waals surface area contributed by atoms with E-state index in [0.29, 0.717) is 18.5 Å². The summed E-state index contributed by atoms with van der Waals surface area (Å²) in [5.41, 5.74) is 1.50. The topological polar surface area (TPSA) is 78.4 Å². The van der Waals surface area contributed by atoms with Gasteiger partial charge in [0.05, 0.1) is 5.60 Å². The average Bonchev–Trinajstić information content (AvgIpc) is 2.60. The molecule has 0 radical (unpaired) electrons. The zero-order valence-corrected chi connectivity index (χ0v) is 14.7. The Kier molecular flexibility index (Phi) is 4.99. The van der Waals surface area contributed by atoms with Gasteiger partial charge in [0.15, 0.2) is 0 Å². The van der Waals surface area contributed by atoms with Crippen LogP contribution in [0.5, 0.6) is 0 Å². The Morgan fingerprint density at radius 2 is 2.12 bits per heavy atom. The van der Waals surface area contributed by atoms with E-state index in [0.717, 1.165) is 30.0 Å². The van der Waals surface area contributed by atoms with Gasteiger partial charge in [-0.25, -0.2) is 9.97 Å². The summed E-state index contributed by atoms with van der Waals surface area (Å²) in [6.45, 7) is 5.33. The number of nitrogens with zero attached hydrogens (tertiary/aromatic N) is 3. The molecule has 1 amide bonds. The van der Waals surface area contributed by atoms with Crippen LogP contribution in [0.4, 0.5) is 5.82 Å². The monoisotopic (exact) mass is 340 g/mol. The largest absolute Gasteiger partial charge is 0.386 e. The molecule has 1 fully saturated rings. The summed E-state index contributed by atoms with van der Waals surface area (Å²) in [6.07, 6.45) is 3.04. The minimum atomic E-state index is -0.963. The van der Waals surface area contributed by atoms with Crippen LogP contribution in [-0.2, 0) is 0 Å². The van der Waals surface area contributed by atoms with Crippen LogP contribution in [0.3, 0.4) is 0 Å². The Morgan fingerprint density at radius 3 is 2.88 bits per heavy atom. The Bertz CT molecular complexity index is 765. The van der Waals surface area contributed by atoms with Crippen molar-refractivity contribution in [2.45, 2.75) is 32.3 Å². The lowest BCUT2D eigenvalue weighted by molar-refractivity contribution is 0.0254. The molecule has 6 nitrogen and oxygen atoms in total. The van der Waals surface area contributed by atoms with Crippen LogP contribution in [0.25, 0.3) is 0 Å². The first-order chi connectivity index (χ1) is 12.0. The summed E-state index contributed by atoms with van der Waals surface area (Å²) in [5.74, 6) is 0.664. The molecule has 2 heterocycles. The number of nitrogens with one attached hydrogen (secondary N) is 1. The number of carbonyl (C=O) groups excluding carboxylic acids is 1. The quantitative estimate of drug-likeness (QED) is 0.888. The van der Waals surface area contributed by atoms with Crippen molar-refractivity contribution in [2.75, 3.05) is 24.5 Å². The lowest BCUT2D eigenvalue weighted by Gasteiger charge is -2.39. The second kappa shape index (κ2) is 7.19. The van der Waals surface area contributed by atoms with Gasteiger partial charge in [-0.3, -0.25) is 4.79 Å². The van der Waals surface area contributed by atoms with Crippen LogP contribution in [0, 0.1) is 13.8 Å². The molecule has 6 heteroatoms. The van der Waals surface area contributed by atoms with Gasteiger partial charge in [0.1, 0.15) is 12.1 Å². The minimum absolute atomic E-state index is 0.151. The van der Waals surface area contributed by atoms with Gasteiger partial charge in [-0.15, -0.1) is 0 Å². The van der Waals surface area contributed by atoms with E-state index in [4.69, 9.17) is 0 Å². The first-order valence-corrected chi connectivity index (χ1v) is 8.57. The molecule has 0 unspecified atom stereocenters. The number of anilines is 1. The number of piperidine rings is 1. The lowest BCUT2D eigenvalue weighted by atomic mass is 9.92. The third-order valence-electron chi connectivity index (χ3n) is 4.64. The molecular weight excluding hydrogens is 316 g/mol. The van der Waals surface area contributed by atoms with E-state index in [1.165, 1.54) is 6.33 Å². The molecule has 2 aromatic rings. The Labute approximate surface area is 147 Å².